The van der Waals surface area contributed by atoms with Gasteiger partial charge in [-0.25, -0.2) is 9.59 Å². The van der Waals surface area contributed by atoms with Gasteiger partial charge in [-0.3, -0.25) is 19.6 Å². The Labute approximate surface area is 490 Å². The van der Waals surface area contributed by atoms with Crippen molar-refractivity contribution in [3.8, 4) is 22.6 Å². The summed E-state index contributed by atoms with van der Waals surface area (Å²) >= 11 is 0. The molecule has 0 fully saturated rings. The summed E-state index contributed by atoms with van der Waals surface area (Å²) in [6.07, 6.45) is 3.94. The van der Waals surface area contributed by atoms with Crippen molar-refractivity contribution >= 4 is 104 Å². The first kappa shape index (κ1) is 62.6. The Bertz CT molecular complexity index is 3260. The predicted molar refractivity (Wildman–Crippen MR) is 331 cm³/mol. The molecule has 0 saturated carbocycles. The third-order valence-electron chi connectivity index (χ3n) is 13.8. The van der Waals surface area contributed by atoms with E-state index in [1.807, 2.05) is 158 Å². The molecular weight excluding hydrogens is 1080 g/mol. The van der Waals surface area contributed by atoms with E-state index in [0.717, 1.165) is 65.3 Å². The van der Waals surface area contributed by atoms with Crippen molar-refractivity contribution in [3.63, 3.8) is 0 Å². The number of nitrogens with one attached hydrogen (secondary N) is 2. The molecule has 8 aromatic rings. The maximum absolute atomic E-state index is 13.6. The van der Waals surface area contributed by atoms with Gasteiger partial charge in [-0.2, -0.15) is 0 Å². The molecule has 0 bridgehead atoms. The average molecular weight is 1150 g/mol. The molecule has 430 valence electrons. The van der Waals surface area contributed by atoms with Crippen LogP contribution in [-0.4, -0.2) is 74.1 Å². The molecule has 0 heterocycles. The zero-order chi connectivity index (χ0) is 56.1. The number of halogens is 2. The molecule has 16 nitrogen and oxygen atoms in total. The number of fused-ring (bicyclic) bond motifs is 4. The van der Waals surface area contributed by atoms with E-state index in [2.05, 4.69) is 20.6 Å². The Morgan fingerprint density at radius 1 is 0.415 bits per heavy atom. The summed E-state index contributed by atoms with van der Waals surface area (Å²) in [5.41, 5.74) is 25.4. The van der Waals surface area contributed by atoms with Crippen LogP contribution in [0.4, 0.5) is 0 Å². The second-order valence-corrected chi connectivity index (χ2v) is 19.6. The van der Waals surface area contributed by atoms with E-state index in [1.54, 1.807) is 0 Å². The van der Waals surface area contributed by atoms with Crippen molar-refractivity contribution in [2.45, 2.75) is 89.5 Å². The summed E-state index contributed by atoms with van der Waals surface area (Å²) in [6.45, 7) is 1.30. The number of unbranched alkanes of at least 4 members (excludes halogenated alkanes) is 2. The van der Waals surface area contributed by atoms with Gasteiger partial charge in [0.05, 0.1) is 13.2 Å². The zero-order valence-electron chi connectivity index (χ0n) is 45.8. The number of esters is 2. The number of nitrogens with two attached hydrogens (primary N) is 4. The van der Waals surface area contributed by atoms with Gasteiger partial charge in [0.25, 0.3) is 0 Å². The number of ether oxygens (including phenoxy) is 4. The summed E-state index contributed by atoms with van der Waals surface area (Å²) in [5.74, 6) is -0.491. The molecule has 0 spiro atoms. The number of hydrogen-bond acceptors (Lipinski definition) is 10. The minimum absolute atomic E-state index is 0. The summed E-state index contributed by atoms with van der Waals surface area (Å²) in [6, 6.07) is 49.7. The molecular formula is C64H72Cl2N8O8. The fourth-order valence-electron chi connectivity index (χ4n) is 9.79. The lowest BCUT2D eigenvalue weighted by Crippen LogP contribution is -2.41. The van der Waals surface area contributed by atoms with Crippen LogP contribution in [0.3, 0.4) is 0 Å². The third kappa shape index (κ3) is 17.7. The average Bonchev–Trinajstić information content (AvgIpc) is 3.49. The standard InChI is InChI=1S/C64H70N8O8.2ClH/c65-63(66)69-37-11-9-29-53(61(75)79-41-47-23-13-21-43-17-1-5-25-49(43)47)71-57(73)31-15-39-77-55-35-33-45-19-3-7-27-51(45)59(55)60-52-28-8-4-20-46(52)34-36-56(60)78-40-16-32-58(74)72-54(30-10-12-38-70-64(67)68)62(76)80-42-48-24-14-22-44-18-2-6-26-50(44)48;;/h1-8,13-14,17-28,33-36,53-54H,9-12,15-16,29-32,37-42H2,(H,71,73)(H,72,74)(H4,65,66,69)(H4,67,68,70);2*1H/t53-,54-;;/m1../s1. The molecule has 0 aliphatic heterocycles. The largest absolute Gasteiger partial charge is 0.493 e. The van der Waals surface area contributed by atoms with Crippen molar-refractivity contribution in [1.29, 1.82) is 0 Å². The minimum Gasteiger partial charge on any atom is -0.493 e. The number of hydrogen-bond donors (Lipinski definition) is 6. The molecule has 82 heavy (non-hydrogen) atoms. The highest BCUT2D eigenvalue weighted by atomic mass is 35.5. The van der Waals surface area contributed by atoms with Gasteiger partial charge >= 0.3 is 11.9 Å². The Morgan fingerprint density at radius 2 is 0.768 bits per heavy atom. The molecule has 2 amide bonds. The second-order valence-electron chi connectivity index (χ2n) is 19.6. The first-order chi connectivity index (χ1) is 39.0. The number of guanidine groups is 2. The lowest BCUT2D eigenvalue weighted by molar-refractivity contribution is -0.149. The summed E-state index contributed by atoms with van der Waals surface area (Å²) in [4.78, 5) is 62.5. The number of benzene rings is 8. The van der Waals surface area contributed by atoms with Crippen molar-refractivity contribution < 1.29 is 38.1 Å². The molecule has 0 saturated heterocycles. The van der Waals surface area contributed by atoms with Crippen LogP contribution in [0.5, 0.6) is 11.5 Å². The van der Waals surface area contributed by atoms with Crippen LogP contribution in [0.15, 0.2) is 168 Å². The van der Waals surface area contributed by atoms with E-state index >= 15 is 0 Å². The Balaban J connectivity index is 0.00000541. The fraction of sp³-hybridized carbons (Fsp3) is 0.281. The summed E-state index contributed by atoms with van der Waals surface area (Å²) < 4.78 is 24.8. The van der Waals surface area contributed by atoms with Crippen molar-refractivity contribution in [2.24, 2.45) is 32.9 Å². The van der Waals surface area contributed by atoms with Gasteiger partial charge < -0.3 is 52.5 Å². The lowest BCUT2D eigenvalue weighted by atomic mass is 9.92. The highest BCUT2D eigenvalue weighted by Crippen LogP contribution is 2.45. The van der Waals surface area contributed by atoms with Crippen molar-refractivity contribution in [1.82, 2.24) is 10.6 Å². The SMILES string of the molecule is Cl.Cl.NC(N)=NCCCC[C@@H](NC(=O)CCCOc1ccc2ccccc2c1-c1c(OCCCC(=O)N[C@H](CCCCN=C(N)N)C(=O)OCc2cccc3ccccc23)ccc2ccccc12)C(=O)OCc1cccc2ccccc12. The quantitative estimate of drug-likeness (QED) is 0.0111. The van der Waals surface area contributed by atoms with E-state index in [0.29, 0.717) is 76.0 Å². The molecule has 0 radical (unpaired) electrons. The zero-order valence-corrected chi connectivity index (χ0v) is 47.4. The maximum Gasteiger partial charge on any atom is 0.328 e. The van der Waals surface area contributed by atoms with E-state index in [1.165, 1.54) is 0 Å². The molecule has 0 aliphatic rings. The van der Waals surface area contributed by atoms with Crippen LogP contribution in [0.1, 0.15) is 75.3 Å². The number of carbonyl (C=O) groups is 4. The number of rotatable bonds is 29. The maximum atomic E-state index is 13.6. The molecule has 10 N–H and O–H groups in total. The molecule has 8 aromatic carbocycles. The first-order valence-electron chi connectivity index (χ1n) is 27.3. The highest BCUT2D eigenvalue weighted by molar-refractivity contribution is 6.10. The minimum atomic E-state index is -0.880. The van der Waals surface area contributed by atoms with Crippen LogP contribution in [0, 0.1) is 0 Å². The molecule has 0 aliphatic carbocycles. The van der Waals surface area contributed by atoms with E-state index in [9.17, 15) is 19.2 Å². The van der Waals surface area contributed by atoms with E-state index in [-0.39, 0.29) is 87.8 Å². The van der Waals surface area contributed by atoms with Crippen LogP contribution in [0.25, 0.3) is 54.2 Å². The van der Waals surface area contributed by atoms with Gasteiger partial charge in [-0.15, -0.1) is 24.8 Å². The summed E-state index contributed by atoms with van der Waals surface area (Å²) in [7, 11) is 0. The number of amides is 2. The Kier molecular flexibility index (Phi) is 24.4. The Hall–Kier alpha value is -8.60. The molecule has 8 rings (SSSR count). The molecule has 0 aromatic heterocycles. The first-order valence-corrected chi connectivity index (χ1v) is 27.3. The van der Waals surface area contributed by atoms with E-state index in [4.69, 9.17) is 41.9 Å². The van der Waals surface area contributed by atoms with Crippen LogP contribution < -0.4 is 43.0 Å². The van der Waals surface area contributed by atoms with Crippen LogP contribution in [-0.2, 0) is 41.9 Å². The molecule has 0 unspecified atom stereocenters. The smallest absolute Gasteiger partial charge is 0.328 e. The number of carbonyl (C=O) groups excluding carboxylic acids is 4. The van der Waals surface area contributed by atoms with Gasteiger partial charge in [0.15, 0.2) is 11.9 Å². The lowest BCUT2D eigenvalue weighted by Gasteiger charge is -2.20. The third-order valence-corrected chi connectivity index (χ3v) is 13.8. The van der Waals surface area contributed by atoms with E-state index < -0.39 is 24.0 Å². The van der Waals surface area contributed by atoms with Crippen LogP contribution in [0.2, 0.25) is 0 Å². The topological polar surface area (TPSA) is 258 Å². The van der Waals surface area contributed by atoms with Crippen molar-refractivity contribution in [3.05, 3.63) is 169 Å². The van der Waals surface area contributed by atoms with Gasteiger partial charge in [0, 0.05) is 37.1 Å². The highest BCUT2D eigenvalue weighted by Gasteiger charge is 2.25. The van der Waals surface area contributed by atoms with Crippen LogP contribution >= 0.6 is 24.8 Å². The normalized spacial score (nSPS) is 11.6. The van der Waals surface area contributed by atoms with Crippen molar-refractivity contribution in [2.75, 3.05) is 26.3 Å². The Morgan fingerprint density at radius 3 is 1.16 bits per heavy atom. The molecule has 2 atom stereocenters. The number of nitrogens with zero attached hydrogens (tertiary/aromatic N) is 2. The second kappa shape index (κ2) is 32.0. The van der Waals surface area contributed by atoms with Gasteiger partial charge in [-0.1, -0.05) is 146 Å². The summed E-state index contributed by atoms with van der Waals surface area (Å²) in [5, 5.41) is 13.8. The number of aliphatic imine (C=N–C) groups is 2. The molecule has 18 heteroatoms. The monoisotopic (exact) mass is 1150 g/mol. The predicted octanol–water partition coefficient (Wildman–Crippen LogP) is 10.5. The fourth-order valence-corrected chi connectivity index (χ4v) is 9.79. The van der Waals surface area contributed by atoms with Gasteiger partial charge in [-0.05, 0) is 118 Å². The van der Waals surface area contributed by atoms with Gasteiger partial charge in [0.1, 0.15) is 36.8 Å². The van der Waals surface area contributed by atoms with Gasteiger partial charge in [0.2, 0.25) is 11.8 Å².